The highest BCUT2D eigenvalue weighted by molar-refractivity contribution is 5.31. The Labute approximate surface area is 95.0 Å². The van der Waals surface area contributed by atoms with Crippen molar-refractivity contribution in [2.24, 2.45) is 0 Å². The van der Waals surface area contributed by atoms with Gasteiger partial charge < -0.3 is 0 Å². The third-order valence-corrected chi connectivity index (χ3v) is 2.77. The summed E-state index contributed by atoms with van der Waals surface area (Å²) in [5, 5.41) is 0. The van der Waals surface area contributed by atoms with Crippen molar-refractivity contribution in [2.45, 2.75) is 19.3 Å². The highest BCUT2D eigenvalue weighted by atomic mass is 19.1. The minimum Gasteiger partial charge on any atom is -0.265 e. The zero-order chi connectivity index (χ0) is 11.4. The first kappa shape index (κ1) is 10.8. The first-order valence-electron chi connectivity index (χ1n) is 5.46. The molecule has 0 amide bonds. The number of rotatable bonds is 3. The lowest BCUT2D eigenvalue weighted by molar-refractivity contribution is 0.622. The minimum atomic E-state index is -0.176. The molecule has 82 valence electrons. The third kappa shape index (κ3) is 2.27. The van der Waals surface area contributed by atoms with Crippen molar-refractivity contribution in [3.63, 3.8) is 0 Å². The minimum absolute atomic E-state index is 0.176. The van der Waals surface area contributed by atoms with Crippen molar-refractivity contribution < 1.29 is 4.39 Å². The summed E-state index contributed by atoms with van der Waals surface area (Å²) in [6.45, 7) is 2.11. The molecule has 2 aromatic rings. The van der Waals surface area contributed by atoms with Crippen LogP contribution in [0.15, 0.2) is 48.8 Å². The van der Waals surface area contributed by atoms with Crippen molar-refractivity contribution >= 4 is 0 Å². The molecule has 2 rings (SSSR count). The number of halogens is 1. The second-order valence-corrected chi connectivity index (χ2v) is 3.80. The lowest BCUT2D eigenvalue weighted by Gasteiger charge is -2.15. The normalized spacial score (nSPS) is 12.4. The van der Waals surface area contributed by atoms with Gasteiger partial charge in [0.1, 0.15) is 5.82 Å². The maximum atomic E-state index is 13.2. The second-order valence-electron chi connectivity index (χ2n) is 3.80. The van der Waals surface area contributed by atoms with E-state index in [9.17, 15) is 4.39 Å². The lowest BCUT2D eigenvalue weighted by atomic mass is 9.90. The van der Waals surface area contributed by atoms with Crippen molar-refractivity contribution in [1.82, 2.24) is 4.98 Å². The second kappa shape index (κ2) is 4.88. The Hall–Kier alpha value is -1.70. The molecule has 0 bridgehead atoms. The fourth-order valence-electron chi connectivity index (χ4n) is 1.98. The van der Waals surface area contributed by atoms with Gasteiger partial charge in [-0.15, -0.1) is 0 Å². The number of hydrogen-bond donors (Lipinski definition) is 0. The van der Waals surface area contributed by atoms with Crippen molar-refractivity contribution in [2.75, 3.05) is 0 Å². The molecule has 0 N–H and O–H groups in total. The molecule has 0 fully saturated rings. The molecule has 0 aliphatic rings. The topological polar surface area (TPSA) is 12.9 Å². The predicted molar refractivity (Wildman–Crippen MR) is 62.8 cm³/mol. The molecular formula is C14H14FN. The maximum absolute atomic E-state index is 13.2. The summed E-state index contributed by atoms with van der Waals surface area (Å²) in [5.74, 6) is 0.0729. The molecule has 2 heteroatoms. The van der Waals surface area contributed by atoms with E-state index in [0.29, 0.717) is 0 Å². The van der Waals surface area contributed by atoms with E-state index < -0.39 is 0 Å². The zero-order valence-electron chi connectivity index (χ0n) is 9.23. The highest BCUT2D eigenvalue weighted by Gasteiger charge is 2.11. The van der Waals surface area contributed by atoms with Crippen LogP contribution >= 0.6 is 0 Å². The Kier molecular flexibility index (Phi) is 3.30. The predicted octanol–water partition coefficient (Wildman–Crippen LogP) is 3.76. The highest BCUT2D eigenvalue weighted by Crippen LogP contribution is 2.27. The molecule has 1 heterocycles. The summed E-state index contributed by atoms with van der Waals surface area (Å²) < 4.78 is 13.2. The fraction of sp³-hybridized carbons (Fsp3) is 0.214. The molecule has 1 aromatic heterocycles. The fourth-order valence-corrected chi connectivity index (χ4v) is 1.98. The van der Waals surface area contributed by atoms with Gasteiger partial charge in [-0.3, -0.25) is 4.98 Å². The van der Waals surface area contributed by atoms with Crippen LogP contribution in [0.3, 0.4) is 0 Å². The summed E-state index contributed by atoms with van der Waals surface area (Å²) in [6.07, 6.45) is 4.50. The number of aromatic nitrogens is 1. The number of benzene rings is 1. The molecule has 0 aliphatic heterocycles. The van der Waals surface area contributed by atoms with Crippen LogP contribution in [0.25, 0.3) is 0 Å². The van der Waals surface area contributed by atoms with E-state index in [0.717, 1.165) is 12.0 Å². The van der Waals surface area contributed by atoms with Gasteiger partial charge in [0.05, 0.1) is 0 Å². The SMILES string of the molecule is CCC(c1ccncc1)c1cccc(F)c1. The first-order valence-corrected chi connectivity index (χ1v) is 5.46. The van der Waals surface area contributed by atoms with Crippen LogP contribution in [0.5, 0.6) is 0 Å². The van der Waals surface area contributed by atoms with E-state index in [1.54, 1.807) is 24.5 Å². The van der Waals surface area contributed by atoms with Gasteiger partial charge in [-0.2, -0.15) is 0 Å². The van der Waals surface area contributed by atoms with Crippen molar-refractivity contribution in [3.05, 3.63) is 65.7 Å². The molecule has 1 unspecified atom stereocenters. The van der Waals surface area contributed by atoms with Gasteiger partial charge in [0.15, 0.2) is 0 Å². The largest absolute Gasteiger partial charge is 0.265 e. The van der Waals surface area contributed by atoms with Crippen LogP contribution in [-0.4, -0.2) is 4.98 Å². The summed E-state index contributed by atoms with van der Waals surface area (Å²) in [5.41, 5.74) is 2.21. The molecule has 1 aromatic carbocycles. The molecule has 1 atom stereocenters. The van der Waals surface area contributed by atoms with Gasteiger partial charge in [-0.25, -0.2) is 4.39 Å². The molecule has 0 saturated carbocycles. The first-order chi connectivity index (χ1) is 7.81. The van der Waals surface area contributed by atoms with Crippen LogP contribution in [-0.2, 0) is 0 Å². The standard InChI is InChI=1S/C14H14FN/c1-2-14(11-6-8-16-9-7-11)12-4-3-5-13(15)10-12/h3-10,14H,2H2,1H3. The quantitative estimate of drug-likeness (QED) is 0.759. The molecule has 0 aliphatic carbocycles. The van der Waals surface area contributed by atoms with E-state index in [4.69, 9.17) is 0 Å². The van der Waals surface area contributed by atoms with E-state index in [-0.39, 0.29) is 11.7 Å². The van der Waals surface area contributed by atoms with Crippen molar-refractivity contribution in [3.8, 4) is 0 Å². The summed E-state index contributed by atoms with van der Waals surface area (Å²) in [7, 11) is 0. The van der Waals surface area contributed by atoms with E-state index in [2.05, 4.69) is 11.9 Å². The average Bonchev–Trinajstić information content (AvgIpc) is 2.31. The Bertz CT molecular complexity index is 453. The van der Waals surface area contributed by atoms with E-state index >= 15 is 0 Å². The van der Waals surface area contributed by atoms with Crippen molar-refractivity contribution in [1.29, 1.82) is 0 Å². The van der Waals surface area contributed by atoms with Gasteiger partial charge in [-0.1, -0.05) is 19.1 Å². The van der Waals surface area contributed by atoms with Gasteiger partial charge >= 0.3 is 0 Å². The van der Waals surface area contributed by atoms with Gasteiger partial charge in [0.2, 0.25) is 0 Å². The Balaban J connectivity index is 2.37. The maximum Gasteiger partial charge on any atom is 0.123 e. The summed E-state index contributed by atoms with van der Waals surface area (Å²) in [4.78, 5) is 4.00. The van der Waals surface area contributed by atoms with Crippen LogP contribution in [0.1, 0.15) is 30.4 Å². The van der Waals surface area contributed by atoms with Gasteiger partial charge in [0, 0.05) is 18.3 Å². The van der Waals surface area contributed by atoms with Gasteiger partial charge in [-0.05, 0) is 41.8 Å². The Morgan fingerprint density at radius 1 is 1.12 bits per heavy atom. The zero-order valence-corrected chi connectivity index (χ0v) is 9.23. The summed E-state index contributed by atoms with van der Waals surface area (Å²) >= 11 is 0. The average molecular weight is 215 g/mol. The van der Waals surface area contributed by atoms with Crippen LogP contribution in [0.2, 0.25) is 0 Å². The lowest BCUT2D eigenvalue weighted by Crippen LogP contribution is -2.00. The smallest absolute Gasteiger partial charge is 0.123 e. The molecular weight excluding hydrogens is 201 g/mol. The summed E-state index contributed by atoms with van der Waals surface area (Å²) in [6, 6.07) is 10.8. The number of hydrogen-bond acceptors (Lipinski definition) is 1. The number of pyridine rings is 1. The number of nitrogens with zero attached hydrogens (tertiary/aromatic N) is 1. The monoisotopic (exact) mass is 215 g/mol. The molecule has 1 nitrogen and oxygen atoms in total. The molecule has 0 saturated heterocycles. The van der Waals surface area contributed by atoms with Crippen LogP contribution in [0, 0.1) is 5.82 Å². The van der Waals surface area contributed by atoms with E-state index in [1.807, 2.05) is 18.2 Å². The molecule has 0 spiro atoms. The van der Waals surface area contributed by atoms with Crippen LogP contribution in [0.4, 0.5) is 4.39 Å². The Morgan fingerprint density at radius 3 is 2.50 bits per heavy atom. The van der Waals surface area contributed by atoms with E-state index in [1.165, 1.54) is 11.6 Å². The van der Waals surface area contributed by atoms with Crippen LogP contribution < -0.4 is 0 Å². The third-order valence-electron chi connectivity index (χ3n) is 2.77. The van der Waals surface area contributed by atoms with Gasteiger partial charge in [0.25, 0.3) is 0 Å². The molecule has 16 heavy (non-hydrogen) atoms. The molecule has 0 radical (unpaired) electrons. The Morgan fingerprint density at radius 2 is 1.88 bits per heavy atom.